The van der Waals surface area contributed by atoms with Crippen molar-refractivity contribution in [3.63, 3.8) is 0 Å². The lowest BCUT2D eigenvalue weighted by atomic mass is 10.0. The van der Waals surface area contributed by atoms with Crippen LogP contribution in [-0.2, 0) is 24.5 Å². The quantitative estimate of drug-likeness (QED) is 0.775. The molecule has 0 unspecified atom stereocenters. The van der Waals surface area contributed by atoms with Crippen LogP contribution < -0.4 is 0 Å². The number of rotatable bonds is 3. The smallest absolute Gasteiger partial charge is 0.196 e. The van der Waals surface area contributed by atoms with Gasteiger partial charge in [0.25, 0.3) is 0 Å². The molecule has 1 aromatic carbocycles. The number of hydrogen-bond acceptors (Lipinski definition) is 3. The number of nitrogens with zero attached hydrogens (tertiary/aromatic N) is 2. The molecule has 0 amide bonds. The second-order valence-corrected chi connectivity index (χ2v) is 4.39. The van der Waals surface area contributed by atoms with Gasteiger partial charge in [-0.25, -0.2) is 0 Å². The second kappa shape index (κ2) is 4.38. The lowest BCUT2D eigenvalue weighted by Crippen LogP contribution is -2.01. The molecule has 0 fully saturated rings. The zero-order valence-electron chi connectivity index (χ0n) is 10.2. The first-order valence-electron chi connectivity index (χ1n) is 6.04. The van der Waals surface area contributed by atoms with E-state index in [0.717, 1.165) is 12.1 Å². The first-order chi connectivity index (χ1) is 8.78. The molecular weight excluding hydrogens is 228 g/mol. The van der Waals surface area contributed by atoms with E-state index in [1.165, 1.54) is 5.56 Å². The predicted molar refractivity (Wildman–Crippen MR) is 66.3 cm³/mol. The van der Waals surface area contributed by atoms with E-state index in [0.29, 0.717) is 24.3 Å². The molecule has 0 bridgehead atoms. The Morgan fingerprint density at radius 3 is 2.94 bits per heavy atom. The number of ketones is 1. The molecule has 2 aromatic rings. The number of hydrogen-bond donors (Lipinski definition) is 0. The van der Waals surface area contributed by atoms with Crippen molar-refractivity contribution in [2.75, 3.05) is 0 Å². The molecule has 0 aliphatic carbocycles. The summed E-state index contributed by atoms with van der Waals surface area (Å²) in [5.74, 6) is 0.0180. The summed E-state index contributed by atoms with van der Waals surface area (Å²) in [6.07, 6.45) is 3.40. The Bertz CT molecular complexity index is 602. The van der Waals surface area contributed by atoms with Crippen LogP contribution in [0.3, 0.4) is 0 Å². The van der Waals surface area contributed by atoms with Crippen molar-refractivity contribution in [2.24, 2.45) is 0 Å². The van der Waals surface area contributed by atoms with Gasteiger partial charge in [-0.3, -0.25) is 9.48 Å². The van der Waals surface area contributed by atoms with E-state index in [-0.39, 0.29) is 5.78 Å². The molecule has 1 aromatic heterocycles. The summed E-state index contributed by atoms with van der Waals surface area (Å²) in [4.78, 5) is 12.3. The van der Waals surface area contributed by atoms with Crippen LogP contribution >= 0.6 is 0 Å². The zero-order valence-corrected chi connectivity index (χ0v) is 10.2. The highest BCUT2D eigenvalue weighted by molar-refractivity contribution is 6.08. The van der Waals surface area contributed by atoms with Crippen LogP contribution in [-0.4, -0.2) is 15.6 Å². The van der Waals surface area contributed by atoms with E-state index in [9.17, 15) is 4.79 Å². The van der Waals surface area contributed by atoms with Crippen molar-refractivity contribution in [3.05, 3.63) is 52.8 Å². The summed E-state index contributed by atoms with van der Waals surface area (Å²) in [6.45, 7) is 4.02. The lowest BCUT2D eigenvalue weighted by molar-refractivity contribution is 0.103. The first kappa shape index (κ1) is 11.2. The summed E-state index contributed by atoms with van der Waals surface area (Å²) < 4.78 is 7.10. The largest absolute Gasteiger partial charge is 0.372 e. The third-order valence-electron chi connectivity index (χ3n) is 3.20. The van der Waals surface area contributed by atoms with Crippen molar-refractivity contribution in [3.8, 4) is 0 Å². The Morgan fingerprint density at radius 1 is 1.33 bits per heavy atom. The Balaban J connectivity index is 1.92. The van der Waals surface area contributed by atoms with Gasteiger partial charge in [-0.1, -0.05) is 12.1 Å². The third-order valence-corrected chi connectivity index (χ3v) is 3.20. The van der Waals surface area contributed by atoms with E-state index in [4.69, 9.17) is 4.74 Å². The fraction of sp³-hybridized carbons (Fsp3) is 0.286. The number of carbonyl (C=O) groups excluding carboxylic acids is 1. The predicted octanol–water partition coefficient (Wildman–Crippen LogP) is 2.16. The molecule has 3 rings (SSSR count). The standard InChI is InChI=1S/C14H14N2O2/c1-2-16-7-13(6-15-16)14(17)10-3-4-11-8-18-9-12(11)5-10/h3-7H,2,8-9H2,1H3. The molecule has 0 saturated carbocycles. The summed E-state index contributed by atoms with van der Waals surface area (Å²) in [6, 6.07) is 5.76. The molecule has 1 aliphatic heterocycles. The molecular formula is C14H14N2O2. The first-order valence-corrected chi connectivity index (χ1v) is 6.04. The Kier molecular flexibility index (Phi) is 2.72. The summed E-state index contributed by atoms with van der Waals surface area (Å²) in [7, 11) is 0. The molecule has 18 heavy (non-hydrogen) atoms. The van der Waals surface area contributed by atoms with Crippen molar-refractivity contribution < 1.29 is 9.53 Å². The monoisotopic (exact) mass is 242 g/mol. The van der Waals surface area contributed by atoms with Gasteiger partial charge >= 0.3 is 0 Å². The van der Waals surface area contributed by atoms with Crippen LogP contribution in [0.5, 0.6) is 0 Å². The van der Waals surface area contributed by atoms with Crippen molar-refractivity contribution in [1.82, 2.24) is 9.78 Å². The average Bonchev–Trinajstić information content (AvgIpc) is 3.05. The SMILES string of the molecule is CCn1cc(C(=O)c2ccc3c(c2)COC3)cn1. The van der Waals surface area contributed by atoms with Gasteiger partial charge in [0.2, 0.25) is 0 Å². The van der Waals surface area contributed by atoms with E-state index in [1.807, 2.05) is 25.1 Å². The van der Waals surface area contributed by atoms with Gasteiger partial charge in [0.05, 0.1) is 25.0 Å². The van der Waals surface area contributed by atoms with E-state index in [1.54, 1.807) is 17.1 Å². The van der Waals surface area contributed by atoms with Crippen molar-refractivity contribution in [2.45, 2.75) is 26.7 Å². The maximum absolute atomic E-state index is 12.3. The van der Waals surface area contributed by atoms with E-state index < -0.39 is 0 Å². The molecule has 4 nitrogen and oxygen atoms in total. The van der Waals surface area contributed by atoms with Gasteiger partial charge in [-0.2, -0.15) is 5.10 Å². The van der Waals surface area contributed by atoms with Gasteiger partial charge in [0, 0.05) is 18.3 Å². The molecule has 0 radical (unpaired) electrons. The van der Waals surface area contributed by atoms with Crippen molar-refractivity contribution in [1.29, 1.82) is 0 Å². The molecule has 0 saturated heterocycles. The van der Waals surface area contributed by atoms with E-state index >= 15 is 0 Å². The molecule has 4 heteroatoms. The maximum Gasteiger partial charge on any atom is 0.196 e. The Hall–Kier alpha value is -1.94. The van der Waals surface area contributed by atoms with Gasteiger partial charge < -0.3 is 4.74 Å². The van der Waals surface area contributed by atoms with Crippen LogP contribution in [0.1, 0.15) is 34.0 Å². The molecule has 0 spiro atoms. The maximum atomic E-state index is 12.3. The topological polar surface area (TPSA) is 44.1 Å². The fourth-order valence-corrected chi connectivity index (χ4v) is 2.13. The minimum atomic E-state index is 0.0180. The highest BCUT2D eigenvalue weighted by Crippen LogP contribution is 2.22. The number of aromatic nitrogens is 2. The van der Waals surface area contributed by atoms with Crippen LogP contribution in [0.25, 0.3) is 0 Å². The van der Waals surface area contributed by atoms with Crippen LogP contribution in [0.2, 0.25) is 0 Å². The highest BCUT2D eigenvalue weighted by Gasteiger charge is 2.16. The van der Waals surface area contributed by atoms with E-state index in [2.05, 4.69) is 5.10 Å². The summed E-state index contributed by atoms with van der Waals surface area (Å²) in [5, 5.41) is 4.12. The van der Waals surface area contributed by atoms with Gasteiger partial charge in [-0.15, -0.1) is 0 Å². The second-order valence-electron chi connectivity index (χ2n) is 4.39. The number of aryl methyl sites for hydroxylation is 1. The third kappa shape index (κ3) is 1.84. The van der Waals surface area contributed by atoms with Crippen LogP contribution in [0.15, 0.2) is 30.6 Å². The van der Waals surface area contributed by atoms with Gasteiger partial charge in [0.15, 0.2) is 5.78 Å². The lowest BCUT2D eigenvalue weighted by Gasteiger charge is -2.01. The highest BCUT2D eigenvalue weighted by atomic mass is 16.5. The Labute approximate surface area is 105 Å². The molecule has 1 aliphatic rings. The molecule has 2 heterocycles. The molecule has 92 valence electrons. The number of ether oxygens (including phenoxy) is 1. The number of carbonyl (C=O) groups is 1. The zero-order chi connectivity index (χ0) is 12.5. The summed E-state index contributed by atoms with van der Waals surface area (Å²) >= 11 is 0. The van der Waals surface area contributed by atoms with Crippen LogP contribution in [0, 0.1) is 0 Å². The average molecular weight is 242 g/mol. The van der Waals surface area contributed by atoms with Gasteiger partial charge in [0.1, 0.15) is 0 Å². The minimum Gasteiger partial charge on any atom is -0.372 e. The number of fused-ring (bicyclic) bond motifs is 1. The minimum absolute atomic E-state index is 0.0180. The normalized spacial score (nSPS) is 13.6. The van der Waals surface area contributed by atoms with Crippen LogP contribution in [0.4, 0.5) is 0 Å². The summed E-state index contributed by atoms with van der Waals surface area (Å²) in [5.41, 5.74) is 3.63. The number of benzene rings is 1. The molecule has 0 N–H and O–H groups in total. The van der Waals surface area contributed by atoms with Gasteiger partial charge in [-0.05, 0) is 24.1 Å². The molecule has 0 atom stereocenters. The van der Waals surface area contributed by atoms with Crippen molar-refractivity contribution >= 4 is 5.78 Å². The Morgan fingerprint density at radius 2 is 2.17 bits per heavy atom. The fourth-order valence-electron chi connectivity index (χ4n) is 2.13.